The van der Waals surface area contributed by atoms with E-state index in [0.717, 1.165) is 12.2 Å². The molecule has 0 aliphatic heterocycles. The Morgan fingerprint density at radius 1 is 1.57 bits per heavy atom. The van der Waals surface area contributed by atoms with Crippen molar-refractivity contribution in [3.8, 4) is 0 Å². The van der Waals surface area contributed by atoms with Gasteiger partial charge in [0.1, 0.15) is 5.82 Å². The van der Waals surface area contributed by atoms with E-state index in [1.54, 1.807) is 6.20 Å². The monoisotopic (exact) mass is 197 g/mol. The molecule has 0 amide bonds. The lowest BCUT2D eigenvalue weighted by molar-refractivity contribution is -0.00929. The highest BCUT2D eigenvalue weighted by Gasteiger charge is 2.15. The van der Waals surface area contributed by atoms with Gasteiger partial charge in [-0.25, -0.2) is 4.98 Å². The summed E-state index contributed by atoms with van der Waals surface area (Å²) in [5, 5.41) is 0. The molecule has 0 aliphatic carbocycles. The van der Waals surface area contributed by atoms with Crippen LogP contribution in [0, 0.1) is 0 Å². The zero-order valence-electron chi connectivity index (χ0n) is 9.16. The third-order valence-electron chi connectivity index (χ3n) is 2.23. The van der Waals surface area contributed by atoms with Crippen molar-refractivity contribution in [1.29, 1.82) is 0 Å². The van der Waals surface area contributed by atoms with Gasteiger partial charge in [-0.1, -0.05) is 0 Å². The van der Waals surface area contributed by atoms with Gasteiger partial charge in [-0.3, -0.25) is 0 Å². The first-order valence-corrected chi connectivity index (χ1v) is 4.85. The van der Waals surface area contributed by atoms with E-state index in [1.807, 2.05) is 31.7 Å². The summed E-state index contributed by atoms with van der Waals surface area (Å²) < 4.78 is 7.63. The third kappa shape index (κ3) is 3.12. The minimum atomic E-state index is -0.231. The van der Waals surface area contributed by atoms with E-state index in [0.29, 0.717) is 13.2 Å². The lowest BCUT2D eigenvalue weighted by atomic mass is 10.1. The molecule has 0 saturated heterocycles. The lowest BCUT2D eigenvalue weighted by Crippen LogP contribution is -2.34. The zero-order valence-corrected chi connectivity index (χ0v) is 9.16. The van der Waals surface area contributed by atoms with Crippen molar-refractivity contribution < 1.29 is 4.74 Å². The molecule has 1 aromatic rings. The van der Waals surface area contributed by atoms with Crippen molar-refractivity contribution in [3.05, 3.63) is 18.2 Å². The molecule has 0 atom stereocenters. The summed E-state index contributed by atoms with van der Waals surface area (Å²) in [6.07, 6.45) is 4.56. The smallest absolute Gasteiger partial charge is 0.110 e. The van der Waals surface area contributed by atoms with Crippen molar-refractivity contribution in [3.63, 3.8) is 0 Å². The minimum Gasteiger partial charge on any atom is -0.374 e. The largest absolute Gasteiger partial charge is 0.374 e. The molecule has 0 fully saturated rings. The number of aromatic nitrogens is 2. The van der Waals surface area contributed by atoms with Gasteiger partial charge in [-0.2, -0.15) is 0 Å². The molecule has 1 heterocycles. The third-order valence-corrected chi connectivity index (χ3v) is 2.23. The van der Waals surface area contributed by atoms with E-state index >= 15 is 0 Å². The summed E-state index contributed by atoms with van der Waals surface area (Å²) in [4.78, 5) is 4.21. The summed E-state index contributed by atoms with van der Waals surface area (Å²) in [6.45, 7) is 5.18. The van der Waals surface area contributed by atoms with Crippen LogP contribution in [0.5, 0.6) is 0 Å². The molecular weight excluding hydrogens is 178 g/mol. The SMILES string of the molecule is Cn1ccnc1CCOC(C)(C)CN. The van der Waals surface area contributed by atoms with Crippen LogP contribution in [-0.2, 0) is 18.2 Å². The van der Waals surface area contributed by atoms with E-state index in [4.69, 9.17) is 10.5 Å². The maximum absolute atomic E-state index is 5.63. The lowest BCUT2D eigenvalue weighted by Gasteiger charge is -2.22. The van der Waals surface area contributed by atoms with Gasteiger partial charge >= 0.3 is 0 Å². The van der Waals surface area contributed by atoms with Gasteiger partial charge < -0.3 is 15.0 Å². The molecule has 1 aromatic heterocycles. The average molecular weight is 197 g/mol. The number of nitrogens with zero attached hydrogens (tertiary/aromatic N) is 2. The predicted molar refractivity (Wildman–Crippen MR) is 56.0 cm³/mol. The first kappa shape index (κ1) is 11.2. The number of aryl methyl sites for hydroxylation is 1. The van der Waals surface area contributed by atoms with Crippen LogP contribution in [0.25, 0.3) is 0 Å². The molecule has 0 aromatic carbocycles. The number of imidazole rings is 1. The average Bonchev–Trinajstić information content (AvgIpc) is 2.52. The molecule has 0 radical (unpaired) electrons. The maximum atomic E-state index is 5.63. The first-order valence-electron chi connectivity index (χ1n) is 4.85. The molecule has 0 unspecified atom stereocenters. The molecule has 2 N–H and O–H groups in total. The van der Waals surface area contributed by atoms with Crippen LogP contribution < -0.4 is 5.73 Å². The van der Waals surface area contributed by atoms with E-state index in [1.165, 1.54) is 0 Å². The Hall–Kier alpha value is -0.870. The Bertz CT molecular complexity index is 281. The van der Waals surface area contributed by atoms with Crippen molar-refractivity contribution in [2.24, 2.45) is 12.8 Å². The van der Waals surface area contributed by atoms with Crippen LogP contribution in [0.3, 0.4) is 0 Å². The second-order valence-corrected chi connectivity index (χ2v) is 4.02. The fraction of sp³-hybridized carbons (Fsp3) is 0.700. The fourth-order valence-corrected chi connectivity index (χ4v) is 1.11. The van der Waals surface area contributed by atoms with Crippen molar-refractivity contribution in [2.45, 2.75) is 25.9 Å². The van der Waals surface area contributed by atoms with E-state index in [-0.39, 0.29) is 5.60 Å². The van der Waals surface area contributed by atoms with Crippen LogP contribution in [0.4, 0.5) is 0 Å². The van der Waals surface area contributed by atoms with Gasteiger partial charge in [-0.15, -0.1) is 0 Å². The number of ether oxygens (including phenoxy) is 1. The predicted octanol–water partition coefficient (Wildman–Crippen LogP) is 0.716. The summed E-state index contributed by atoms with van der Waals surface area (Å²) in [7, 11) is 1.98. The van der Waals surface area contributed by atoms with Crippen LogP contribution >= 0.6 is 0 Å². The maximum Gasteiger partial charge on any atom is 0.110 e. The highest BCUT2D eigenvalue weighted by atomic mass is 16.5. The summed E-state index contributed by atoms with van der Waals surface area (Å²) >= 11 is 0. The van der Waals surface area contributed by atoms with Gasteiger partial charge in [0.25, 0.3) is 0 Å². The molecule has 0 bridgehead atoms. The quantitative estimate of drug-likeness (QED) is 0.756. The highest BCUT2D eigenvalue weighted by molar-refractivity contribution is 4.91. The summed E-state index contributed by atoms with van der Waals surface area (Å²) in [6, 6.07) is 0. The fourth-order valence-electron chi connectivity index (χ4n) is 1.11. The first-order chi connectivity index (χ1) is 6.55. The summed E-state index contributed by atoms with van der Waals surface area (Å²) in [5.74, 6) is 1.04. The van der Waals surface area contributed by atoms with Crippen LogP contribution in [0.1, 0.15) is 19.7 Å². The van der Waals surface area contributed by atoms with E-state index in [9.17, 15) is 0 Å². The Kier molecular flexibility index (Phi) is 3.66. The number of nitrogens with two attached hydrogens (primary N) is 1. The van der Waals surface area contributed by atoms with Gasteiger partial charge in [0, 0.05) is 32.4 Å². The number of rotatable bonds is 5. The van der Waals surface area contributed by atoms with Gasteiger partial charge in [0.2, 0.25) is 0 Å². The van der Waals surface area contributed by atoms with Crippen molar-refractivity contribution >= 4 is 0 Å². The normalized spacial score (nSPS) is 12.0. The molecule has 80 valence electrons. The second-order valence-electron chi connectivity index (χ2n) is 4.02. The summed E-state index contributed by atoms with van der Waals surface area (Å²) in [5.41, 5.74) is 5.32. The molecule has 1 rings (SSSR count). The van der Waals surface area contributed by atoms with Crippen LogP contribution in [0.2, 0.25) is 0 Å². The van der Waals surface area contributed by atoms with Gasteiger partial charge in [-0.05, 0) is 13.8 Å². The minimum absolute atomic E-state index is 0.231. The van der Waals surface area contributed by atoms with Gasteiger partial charge in [0.05, 0.1) is 12.2 Å². The standard InChI is InChI=1S/C10H19N3O/c1-10(2,8-11)14-7-4-9-12-5-6-13(9)3/h5-6H,4,7-8,11H2,1-3H3. The van der Waals surface area contributed by atoms with Crippen LogP contribution in [0.15, 0.2) is 12.4 Å². The van der Waals surface area contributed by atoms with Crippen molar-refractivity contribution in [1.82, 2.24) is 9.55 Å². The zero-order chi connectivity index (χ0) is 10.6. The number of hydrogen-bond acceptors (Lipinski definition) is 3. The Balaban J connectivity index is 2.32. The molecule has 0 spiro atoms. The molecule has 4 heteroatoms. The molecule has 14 heavy (non-hydrogen) atoms. The van der Waals surface area contributed by atoms with E-state index in [2.05, 4.69) is 4.98 Å². The van der Waals surface area contributed by atoms with E-state index < -0.39 is 0 Å². The van der Waals surface area contributed by atoms with Crippen LogP contribution in [-0.4, -0.2) is 28.3 Å². The Morgan fingerprint density at radius 3 is 2.79 bits per heavy atom. The molecule has 0 aliphatic rings. The molecule has 0 saturated carbocycles. The molecular formula is C10H19N3O. The molecule has 4 nitrogen and oxygen atoms in total. The Labute approximate surface area is 85.1 Å². The Morgan fingerprint density at radius 2 is 2.29 bits per heavy atom. The highest BCUT2D eigenvalue weighted by Crippen LogP contribution is 2.07. The van der Waals surface area contributed by atoms with Gasteiger partial charge in [0.15, 0.2) is 0 Å². The topological polar surface area (TPSA) is 53.1 Å². The second kappa shape index (κ2) is 4.57. The van der Waals surface area contributed by atoms with Crippen molar-refractivity contribution in [2.75, 3.05) is 13.2 Å². The number of hydrogen-bond donors (Lipinski definition) is 1.